The van der Waals surface area contributed by atoms with Gasteiger partial charge in [0.05, 0.1) is 0 Å². The molecule has 1 aromatic rings. The van der Waals surface area contributed by atoms with E-state index in [0.29, 0.717) is 11.5 Å². The van der Waals surface area contributed by atoms with Crippen LogP contribution in [0.4, 0.5) is 4.39 Å². The van der Waals surface area contributed by atoms with E-state index in [4.69, 9.17) is 5.73 Å². The van der Waals surface area contributed by atoms with Crippen LogP contribution in [0.25, 0.3) is 0 Å². The van der Waals surface area contributed by atoms with Crippen molar-refractivity contribution in [1.82, 2.24) is 0 Å². The summed E-state index contributed by atoms with van der Waals surface area (Å²) in [6, 6.07) is 5.05. The van der Waals surface area contributed by atoms with Crippen molar-refractivity contribution in [2.45, 2.75) is 25.8 Å². The van der Waals surface area contributed by atoms with E-state index < -0.39 is 0 Å². The molecular weight excluding hydrogens is 165 g/mol. The van der Waals surface area contributed by atoms with Crippen LogP contribution in [-0.4, -0.2) is 0 Å². The third-order valence-electron chi connectivity index (χ3n) is 2.64. The molecule has 1 fully saturated rings. The highest BCUT2D eigenvalue weighted by Crippen LogP contribution is 2.40. The number of benzene rings is 1. The molecule has 0 radical (unpaired) electrons. The van der Waals surface area contributed by atoms with Crippen LogP contribution in [0, 0.1) is 18.7 Å². The summed E-state index contributed by atoms with van der Waals surface area (Å²) in [5.74, 6) is 0.348. The molecule has 0 heterocycles. The molecule has 0 aliphatic heterocycles. The van der Waals surface area contributed by atoms with Gasteiger partial charge in [-0.3, -0.25) is 0 Å². The first-order chi connectivity index (χ1) is 6.18. The fourth-order valence-corrected chi connectivity index (χ4v) is 1.63. The average Bonchev–Trinajstić information content (AvgIpc) is 2.91. The summed E-state index contributed by atoms with van der Waals surface area (Å²) in [4.78, 5) is 0. The lowest BCUT2D eigenvalue weighted by Crippen LogP contribution is -2.14. The molecule has 0 bridgehead atoms. The van der Waals surface area contributed by atoms with Crippen molar-refractivity contribution >= 4 is 0 Å². The second-order valence-electron chi connectivity index (χ2n) is 3.89. The molecule has 0 amide bonds. The molecule has 1 saturated carbocycles. The van der Waals surface area contributed by atoms with E-state index in [1.54, 1.807) is 6.07 Å². The van der Waals surface area contributed by atoms with Gasteiger partial charge in [-0.1, -0.05) is 17.7 Å². The highest BCUT2D eigenvalue weighted by Gasteiger charge is 2.30. The molecule has 1 aromatic carbocycles. The SMILES string of the molecule is Cc1ccc(F)c([C@@H](N)C2CC2)c1. The molecule has 1 atom stereocenters. The molecular formula is C11H14FN. The topological polar surface area (TPSA) is 26.0 Å². The first kappa shape index (κ1) is 8.70. The second kappa shape index (κ2) is 3.11. The Morgan fingerprint density at radius 1 is 1.46 bits per heavy atom. The van der Waals surface area contributed by atoms with Gasteiger partial charge in [0.1, 0.15) is 5.82 Å². The summed E-state index contributed by atoms with van der Waals surface area (Å²) in [5, 5.41) is 0. The van der Waals surface area contributed by atoms with Crippen molar-refractivity contribution in [3.63, 3.8) is 0 Å². The summed E-state index contributed by atoms with van der Waals surface area (Å²) in [6.45, 7) is 1.96. The molecule has 0 aromatic heterocycles. The lowest BCUT2D eigenvalue weighted by Gasteiger charge is -2.12. The highest BCUT2D eigenvalue weighted by molar-refractivity contribution is 5.27. The van der Waals surface area contributed by atoms with Gasteiger partial charge in [-0.2, -0.15) is 0 Å². The fourth-order valence-electron chi connectivity index (χ4n) is 1.63. The predicted molar refractivity (Wildman–Crippen MR) is 50.8 cm³/mol. The smallest absolute Gasteiger partial charge is 0.127 e. The van der Waals surface area contributed by atoms with Crippen LogP contribution < -0.4 is 5.73 Å². The van der Waals surface area contributed by atoms with E-state index >= 15 is 0 Å². The zero-order valence-corrected chi connectivity index (χ0v) is 7.76. The lowest BCUT2D eigenvalue weighted by molar-refractivity contribution is 0.553. The number of rotatable bonds is 2. The van der Waals surface area contributed by atoms with Gasteiger partial charge in [-0.15, -0.1) is 0 Å². The number of aryl methyl sites for hydroxylation is 1. The Kier molecular flexibility index (Phi) is 2.08. The van der Waals surface area contributed by atoms with Gasteiger partial charge in [0.2, 0.25) is 0 Å². The summed E-state index contributed by atoms with van der Waals surface area (Å²) in [5.41, 5.74) is 7.69. The quantitative estimate of drug-likeness (QED) is 0.741. The molecule has 2 rings (SSSR count). The minimum atomic E-state index is -0.162. The third kappa shape index (κ3) is 1.73. The monoisotopic (exact) mass is 179 g/mol. The molecule has 70 valence electrons. The fraction of sp³-hybridized carbons (Fsp3) is 0.455. The number of nitrogens with two attached hydrogens (primary N) is 1. The average molecular weight is 179 g/mol. The van der Waals surface area contributed by atoms with Gasteiger partial charge >= 0.3 is 0 Å². The molecule has 0 saturated heterocycles. The summed E-state index contributed by atoms with van der Waals surface area (Å²) in [6.07, 6.45) is 2.29. The van der Waals surface area contributed by atoms with Crippen molar-refractivity contribution in [2.24, 2.45) is 11.7 Å². The Bertz CT molecular complexity index is 318. The molecule has 1 aliphatic rings. The van der Waals surface area contributed by atoms with Crippen LogP contribution in [0.15, 0.2) is 18.2 Å². The maximum absolute atomic E-state index is 13.3. The van der Waals surface area contributed by atoms with Gasteiger partial charge in [0.25, 0.3) is 0 Å². The zero-order chi connectivity index (χ0) is 9.42. The van der Waals surface area contributed by atoms with E-state index in [9.17, 15) is 4.39 Å². The predicted octanol–water partition coefficient (Wildman–Crippen LogP) is 2.54. The minimum absolute atomic E-state index is 0.0973. The van der Waals surface area contributed by atoms with Gasteiger partial charge < -0.3 is 5.73 Å². The molecule has 2 N–H and O–H groups in total. The minimum Gasteiger partial charge on any atom is -0.324 e. The van der Waals surface area contributed by atoms with Crippen molar-refractivity contribution in [3.8, 4) is 0 Å². The number of hydrogen-bond donors (Lipinski definition) is 1. The summed E-state index contributed by atoms with van der Waals surface area (Å²) >= 11 is 0. The van der Waals surface area contributed by atoms with Crippen LogP contribution in [-0.2, 0) is 0 Å². The molecule has 2 heteroatoms. The zero-order valence-electron chi connectivity index (χ0n) is 7.76. The van der Waals surface area contributed by atoms with Crippen molar-refractivity contribution < 1.29 is 4.39 Å². The van der Waals surface area contributed by atoms with Crippen LogP contribution in [0.1, 0.15) is 30.0 Å². The molecule has 0 unspecified atom stereocenters. The highest BCUT2D eigenvalue weighted by atomic mass is 19.1. The van der Waals surface area contributed by atoms with E-state index in [1.807, 2.05) is 13.0 Å². The van der Waals surface area contributed by atoms with Gasteiger partial charge in [-0.05, 0) is 31.7 Å². The van der Waals surface area contributed by atoms with E-state index in [0.717, 1.165) is 18.4 Å². The van der Waals surface area contributed by atoms with E-state index in [2.05, 4.69) is 0 Å². The number of hydrogen-bond acceptors (Lipinski definition) is 1. The number of halogens is 1. The van der Waals surface area contributed by atoms with Crippen molar-refractivity contribution in [2.75, 3.05) is 0 Å². The lowest BCUT2D eigenvalue weighted by atomic mass is 10.0. The Hall–Kier alpha value is -0.890. The molecule has 0 spiro atoms. The second-order valence-corrected chi connectivity index (χ2v) is 3.89. The van der Waals surface area contributed by atoms with Crippen LogP contribution >= 0.6 is 0 Å². The van der Waals surface area contributed by atoms with Crippen LogP contribution in [0.2, 0.25) is 0 Å². The van der Waals surface area contributed by atoms with Crippen LogP contribution in [0.5, 0.6) is 0 Å². The summed E-state index contributed by atoms with van der Waals surface area (Å²) in [7, 11) is 0. The van der Waals surface area contributed by atoms with Gasteiger partial charge in [-0.25, -0.2) is 4.39 Å². The Balaban J connectivity index is 2.31. The summed E-state index contributed by atoms with van der Waals surface area (Å²) < 4.78 is 13.3. The largest absolute Gasteiger partial charge is 0.324 e. The molecule has 13 heavy (non-hydrogen) atoms. The maximum Gasteiger partial charge on any atom is 0.127 e. The first-order valence-electron chi connectivity index (χ1n) is 4.70. The molecule has 1 aliphatic carbocycles. The standard InChI is InChI=1S/C11H14FN/c1-7-2-5-10(12)9(6-7)11(13)8-3-4-8/h2,5-6,8,11H,3-4,13H2,1H3/t11-/m0/s1. The van der Waals surface area contributed by atoms with Gasteiger partial charge in [0, 0.05) is 11.6 Å². The third-order valence-corrected chi connectivity index (χ3v) is 2.64. The van der Waals surface area contributed by atoms with E-state index in [1.165, 1.54) is 6.07 Å². The van der Waals surface area contributed by atoms with Gasteiger partial charge in [0.15, 0.2) is 0 Å². The Morgan fingerprint density at radius 3 is 2.77 bits per heavy atom. The Labute approximate surface area is 77.8 Å². The van der Waals surface area contributed by atoms with Crippen LogP contribution in [0.3, 0.4) is 0 Å². The van der Waals surface area contributed by atoms with Crippen molar-refractivity contribution in [1.29, 1.82) is 0 Å². The first-order valence-corrected chi connectivity index (χ1v) is 4.70. The maximum atomic E-state index is 13.3. The van der Waals surface area contributed by atoms with Crippen molar-refractivity contribution in [3.05, 3.63) is 35.1 Å². The normalized spacial score (nSPS) is 18.7. The Morgan fingerprint density at radius 2 is 2.15 bits per heavy atom. The van der Waals surface area contributed by atoms with E-state index in [-0.39, 0.29) is 11.9 Å². The molecule has 1 nitrogen and oxygen atoms in total.